The topological polar surface area (TPSA) is 132 Å². The molecule has 0 saturated carbocycles. The Morgan fingerprint density at radius 3 is 2.29 bits per heavy atom. The minimum Gasteiger partial charge on any atom is -0.258 e. The third-order valence-electron chi connectivity index (χ3n) is 1.80. The SMILES string of the molecule is Cc1ccc(S(=O)(=O)N[N+](=O)[O-])c([N+](=O)[O-])c1. The Labute approximate surface area is 95.4 Å². The molecule has 0 fully saturated rings. The van der Waals surface area contributed by atoms with E-state index >= 15 is 0 Å². The quantitative estimate of drug-likeness (QED) is 0.615. The molecule has 17 heavy (non-hydrogen) atoms. The summed E-state index contributed by atoms with van der Waals surface area (Å²) in [5.74, 6) is 0. The number of aryl methyl sites for hydroxylation is 1. The van der Waals surface area contributed by atoms with E-state index in [-0.39, 0.29) is 0 Å². The molecule has 0 radical (unpaired) electrons. The van der Waals surface area contributed by atoms with Gasteiger partial charge in [-0.15, -0.1) is 0 Å². The van der Waals surface area contributed by atoms with E-state index in [0.29, 0.717) is 5.56 Å². The molecule has 1 N–H and O–H groups in total. The van der Waals surface area contributed by atoms with E-state index in [2.05, 4.69) is 0 Å². The fraction of sp³-hybridized carbons (Fsp3) is 0.143. The van der Waals surface area contributed by atoms with E-state index in [9.17, 15) is 28.6 Å². The first kappa shape index (κ1) is 12.8. The van der Waals surface area contributed by atoms with Gasteiger partial charge in [-0.1, -0.05) is 6.07 Å². The second kappa shape index (κ2) is 4.33. The summed E-state index contributed by atoms with van der Waals surface area (Å²) in [4.78, 5) is 20.1. The Morgan fingerprint density at radius 1 is 1.24 bits per heavy atom. The lowest BCUT2D eigenvalue weighted by molar-refractivity contribution is -0.518. The summed E-state index contributed by atoms with van der Waals surface area (Å²) >= 11 is 0. The molecule has 92 valence electrons. The fourth-order valence-electron chi connectivity index (χ4n) is 1.14. The van der Waals surface area contributed by atoms with Crippen LogP contribution < -0.4 is 4.83 Å². The Kier molecular flexibility index (Phi) is 3.27. The number of rotatable bonds is 4. The molecule has 0 unspecified atom stereocenters. The van der Waals surface area contributed by atoms with Crippen LogP contribution in [0.3, 0.4) is 0 Å². The Morgan fingerprint density at radius 2 is 1.82 bits per heavy atom. The summed E-state index contributed by atoms with van der Waals surface area (Å²) in [5, 5.41) is 19.4. The van der Waals surface area contributed by atoms with Crippen molar-refractivity contribution in [3.05, 3.63) is 44.0 Å². The van der Waals surface area contributed by atoms with Crippen molar-refractivity contribution in [1.29, 1.82) is 0 Å². The van der Waals surface area contributed by atoms with E-state index in [1.807, 2.05) is 0 Å². The van der Waals surface area contributed by atoms with Crippen molar-refractivity contribution in [3.8, 4) is 0 Å². The van der Waals surface area contributed by atoms with Crippen molar-refractivity contribution in [2.75, 3.05) is 0 Å². The third-order valence-corrected chi connectivity index (χ3v) is 3.11. The van der Waals surface area contributed by atoms with Crippen molar-refractivity contribution in [2.24, 2.45) is 0 Å². The van der Waals surface area contributed by atoms with Crippen LogP contribution in [0.1, 0.15) is 5.56 Å². The predicted molar refractivity (Wildman–Crippen MR) is 55.1 cm³/mol. The number of hydrogen-bond donors (Lipinski definition) is 1. The smallest absolute Gasteiger partial charge is 0.258 e. The highest BCUT2D eigenvalue weighted by Gasteiger charge is 2.28. The van der Waals surface area contributed by atoms with Gasteiger partial charge in [0, 0.05) is 6.07 Å². The Hall–Kier alpha value is -2.23. The van der Waals surface area contributed by atoms with Crippen molar-refractivity contribution in [1.82, 2.24) is 4.83 Å². The standard InChI is InChI=1S/C7H7N3O6S/c1-5-2-3-7(6(4-5)9(11)12)17(15,16)8-10(13)14/h2-4,8H,1H3. The van der Waals surface area contributed by atoms with Gasteiger partial charge in [-0.05, 0) is 23.4 Å². The van der Waals surface area contributed by atoms with Crippen LogP contribution in [0, 0.1) is 27.2 Å². The van der Waals surface area contributed by atoms with Gasteiger partial charge in [-0.2, -0.15) is 8.42 Å². The second-order valence-electron chi connectivity index (χ2n) is 3.08. The van der Waals surface area contributed by atoms with Crippen molar-refractivity contribution in [2.45, 2.75) is 11.8 Å². The molecule has 0 aliphatic carbocycles. The maximum absolute atomic E-state index is 11.4. The first-order valence-electron chi connectivity index (χ1n) is 4.16. The van der Waals surface area contributed by atoms with E-state index in [0.717, 1.165) is 17.0 Å². The molecule has 0 atom stereocenters. The molecule has 9 nitrogen and oxygen atoms in total. The Balaban J connectivity index is 3.41. The molecular formula is C7H7N3O6S. The maximum Gasteiger partial charge on any atom is 0.317 e. The molecule has 0 spiro atoms. The number of nitrogens with zero attached hydrogens (tertiary/aromatic N) is 2. The van der Waals surface area contributed by atoms with Crippen LogP contribution in [0.2, 0.25) is 0 Å². The van der Waals surface area contributed by atoms with Crippen LogP contribution in [-0.4, -0.2) is 18.4 Å². The van der Waals surface area contributed by atoms with Crippen LogP contribution in [0.4, 0.5) is 5.69 Å². The molecule has 0 aliphatic heterocycles. The highest BCUT2D eigenvalue weighted by molar-refractivity contribution is 7.89. The number of hydrogen-bond acceptors (Lipinski definition) is 6. The molecular weight excluding hydrogens is 254 g/mol. The van der Waals surface area contributed by atoms with Crippen molar-refractivity contribution >= 4 is 15.7 Å². The number of nitro groups is 2. The van der Waals surface area contributed by atoms with Gasteiger partial charge in [0.1, 0.15) is 0 Å². The number of nitrogens with one attached hydrogen (secondary N) is 1. The van der Waals surface area contributed by atoms with Gasteiger partial charge in [0.2, 0.25) is 0 Å². The predicted octanol–water partition coefficient (Wildman–Crippen LogP) is 0.373. The van der Waals surface area contributed by atoms with Crippen LogP contribution in [0.5, 0.6) is 0 Å². The van der Waals surface area contributed by atoms with E-state index in [1.54, 1.807) is 0 Å². The van der Waals surface area contributed by atoms with E-state index < -0.39 is 30.6 Å². The molecule has 10 heteroatoms. The first-order valence-corrected chi connectivity index (χ1v) is 5.64. The second-order valence-corrected chi connectivity index (χ2v) is 4.71. The lowest BCUT2D eigenvalue weighted by Crippen LogP contribution is -2.29. The highest BCUT2D eigenvalue weighted by Crippen LogP contribution is 2.24. The van der Waals surface area contributed by atoms with Gasteiger partial charge in [-0.25, -0.2) is 10.1 Å². The van der Waals surface area contributed by atoms with Crippen LogP contribution >= 0.6 is 0 Å². The minimum atomic E-state index is -4.54. The van der Waals surface area contributed by atoms with E-state index in [1.165, 1.54) is 13.0 Å². The molecule has 0 saturated heterocycles. The summed E-state index contributed by atoms with van der Waals surface area (Å²) in [7, 11) is -4.54. The lowest BCUT2D eigenvalue weighted by atomic mass is 10.2. The molecule has 0 amide bonds. The van der Waals surface area contributed by atoms with Gasteiger partial charge in [0.15, 0.2) is 9.93 Å². The zero-order valence-electron chi connectivity index (χ0n) is 8.48. The average molecular weight is 261 g/mol. The zero-order chi connectivity index (χ0) is 13.2. The van der Waals surface area contributed by atoms with Crippen LogP contribution in [0.15, 0.2) is 23.1 Å². The first-order chi connectivity index (χ1) is 7.74. The van der Waals surface area contributed by atoms with Gasteiger partial charge in [-0.3, -0.25) is 10.1 Å². The number of sulfonamides is 1. The molecule has 0 aromatic heterocycles. The maximum atomic E-state index is 11.4. The third kappa shape index (κ3) is 2.87. The van der Waals surface area contributed by atoms with Gasteiger partial charge in [0.25, 0.3) is 5.69 Å². The molecule has 0 aliphatic rings. The average Bonchev–Trinajstić information content (AvgIpc) is 2.14. The normalized spacial score (nSPS) is 10.9. The summed E-state index contributed by atoms with van der Waals surface area (Å²) in [6.07, 6.45) is 0. The summed E-state index contributed by atoms with van der Waals surface area (Å²) in [6, 6.07) is 3.27. The van der Waals surface area contributed by atoms with Crippen LogP contribution in [-0.2, 0) is 10.0 Å². The molecule has 1 aromatic carbocycles. The lowest BCUT2D eigenvalue weighted by Gasteiger charge is -2.02. The molecule has 1 aromatic rings. The van der Waals surface area contributed by atoms with Crippen molar-refractivity contribution in [3.63, 3.8) is 0 Å². The van der Waals surface area contributed by atoms with Gasteiger partial charge in [0.05, 0.1) is 4.92 Å². The van der Waals surface area contributed by atoms with Crippen LogP contribution in [0.25, 0.3) is 0 Å². The summed E-state index contributed by atoms with van der Waals surface area (Å²) in [6.45, 7) is 1.53. The largest absolute Gasteiger partial charge is 0.317 e. The summed E-state index contributed by atoms with van der Waals surface area (Å²) < 4.78 is 22.8. The molecule has 0 heterocycles. The van der Waals surface area contributed by atoms with Gasteiger partial charge >= 0.3 is 10.0 Å². The highest BCUT2D eigenvalue weighted by atomic mass is 32.2. The molecule has 0 bridgehead atoms. The zero-order valence-corrected chi connectivity index (χ0v) is 9.30. The monoisotopic (exact) mass is 261 g/mol. The Bertz CT molecular complexity index is 581. The number of hydrazine groups is 1. The van der Waals surface area contributed by atoms with Crippen molar-refractivity contribution < 1.29 is 18.4 Å². The number of nitro benzene ring substituents is 1. The van der Waals surface area contributed by atoms with Gasteiger partial charge < -0.3 is 0 Å². The summed E-state index contributed by atoms with van der Waals surface area (Å²) in [5.41, 5.74) is -0.240. The number of benzene rings is 1. The minimum absolute atomic E-state index is 0.469. The van der Waals surface area contributed by atoms with E-state index in [4.69, 9.17) is 0 Å². The molecule has 1 rings (SSSR count). The fourth-order valence-corrected chi connectivity index (χ4v) is 2.10.